The molecular weight excluding hydrogens is 198 g/mol. The quantitative estimate of drug-likeness (QED) is 0.533. The number of hydrogen-bond donors (Lipinski definition) is 0. The fourth-order valence-corrected chi connectivity index (χ4v) is 1.69. The Labute approximate surface area is 89.9 Å². The predicted molar refractivity (Wildman–Crippen MR) is 55.2 cm³/mol. The van der Waals surface area contributed by atoms with Gasteiger partial charge in [-0.1, -0.05) is 20.3 Å². The van der Waals surface area contributed by atoms with Crippen LogP contribution in [0.2, 0.25) is 0 Å². The van der Waals surface area contributed by atoms with Gasteiger partial charge in [-0.2, -0.15) is 0 Å². The molecule has 15 heavy (non-hydrogen) atoms. The van der Waals surface area contributed by atoms with Crippen molar-refractivity contribution in [1.82, 2.24) is 0 Å². The van der Waals surface area contributed by atoms with Crippen LogP contribution in [0.25, 0.3) is 0 Å². The van der Waals surface area contributed by atoms with Gasteiger partial charge in [0.2, 0.25) is 0 Å². The average Bonchev–Trinajstić information content (AvgIpc) is 2.19. The molecule has 5 heteroatoms. The van der Waals surface area contributed by atoms with Crippen LogP contribution in [0.15, 0.2) is 0 Å². The second kappa shape index (κ2) is 4.45. The Balaban J connectivity index is 2.64. The van der Waals surface area contributed by atoms with Crippen LogP contribution in [0.3, 0.4) is 0 Å². The molecule has 1 heterocycles. The third kappa shape index (κ3) is 2.46. The summed E-state index contributed by atoms with van der Waals surface area (Å²) in [6, 6.07) is 0. The molecule has 1 fully saturated rings. The predicted octanol–water partition coefficient (Wildman–Crippen LogP) is 1.97. The van der Waals surface area contributed by atoms with Crippen molar-refractivity contribution in [2.75, 3.05) is 13.2 Å². The maximum Gasteiger partial charge on any atom is 0.267 e. The summed E-state index contributed by atoms with van der Waals surface area (Å²) in [7, 11) is 0. The SMILES string of the molecule is CCCC1(C)OCC(CC)([N+](=O)[O-])CO1. The summed E-state index contributed by atoms with van der Waals surface area (Å²) >= 11 is 0. The Bertz CT molecular complexity index is 234. The average molecular weight is 217 g/mol. The molecule has 0 N–H and O–H groups in total. The highest BCUT2D eigenvalue weighted by Crippen LogP contribution is 2.31. The topological polar surface area (TPSA) is 61.6 Å². The minimum Gasteiger partial charge on any atom is -0.343 e. The lowest BCUT2D eigenvalue weighted by Gasteiger charge is -2.39. The van der Waals surface area contributed by atoms with E-state index < -0.39 is 11.3 Å². The highest BCUT2D eigenvalue weighted by atomic mass is 16.7. The molecule has 0 atom stereocenters. The molecule has 1 saturated heterocycles. The zero-order valence-corrected chi connectivity index (χ0v) is 9.62. The number of rotatable bonds is 4. The van der Waals surface area contributed by atoms with E-state index >= 15 is 0 Å². The fourth-order valence-electron chi connectivity index (χ4n) is 1.69. The summed E-state index contributed by atoms with van der Waals surface area (Å²) in [5.74, 6) is -0.635. The first-order valence-electron chi connectivity index (χ1n) is 5.40. The number of hydrogen-bond acceptors (Lipinski definition) is 4. The minimum absolute atomic E-state index is 0.146. The van der Waals surface area contributed by atoms with Crippen LogP contribution in [0.4, 0.5) is 0 Å². The zero-order chi connectivity index (χ0) is 11.5. The van der Waals surface area contributed by atoms with E-state index in [2.05, 4.69) is 0 Å². The molecule has 0 aliphatic carbocycles. The summed E-state index contributed by atoms with van der Waals surface area (Å²) in [5, 5.41) is 10.9. The van der Waals surface area contributed by atoms with E-state index in [1.165, 1.54) is 0 Å². The largest absolute Gasteiger partial charge is 0.343 e. The first-order chi connectivity index (χ1) is 6.98. The van der Waals surface area contributed by atoms with E-state index in [1.54, 1.807) is 6.92 Å². The molecule has 1 aliphatic heterocycles. The van der Waals surface area contributed by atoms with Crippen molar-refractivity contribution in [3.63, 3.8) is 0 Å². The lowest BCUT2D eigenvalue weighted by molar-refractivity contribution is -0.596. The van der Waals surface area contributed by atoms with E-state index in [4.69, 9.17) is 9.47 Å². The molecule has 0 unspecified atom stereocenters. The van der Waals surface area contributed by atoms with Crippen LogP contribution in [-0.2, 0) is 9.47 Å². The Kier molecular flexibility index (Phi) is 3.67. The molecule has 0 amide bonds. The van der Waals surface area contributed by atoms with Crippen molar-refractivity contribution in [1.29, 1.82) is 0 Å². The second-order valence-electron chi connectivity index (χ2n) is 4.30. The second-order valence-corrected chi connectivity index (χ2v) is 4.30. The Morgan fingerprint density at radius 1 is 1.33 bits per heavy atom. The summed E-state index contributed by atoms with van der Waals surface area (Å²) < 4.78 is 11.0. The van der Waals surface area contributed by atoms with Crippen molar-refractivity contribution in [3.05, 3.63) is 10.1 Å². The zero-order valence-electron chi connectivity index (χ0n) is 9.62. The van der Waals surface area contributed by atoms with Crippen LogP contribution in [0, 0.1) is 10.1 Å². The normalized spacial score (nSPS) is 36.5. The minimum atomic E-state index is -1.05. The molecule has 0 aromatic carbocycles. The van der Waals surface area contributed by atoms with Crippen molar-refractivity contribution >= 4 is 0 Å². The summed E-state index contributed by atoms with van der Waals surface area (Å²) in [6.07, 6.45) is 2.14. The maximum atomic E-state index is 10.9. The molecule has 0 aromatic heterocycles. The Morgan fingerprint density at radius 3 is 2.20 bits per heavy atom. The molecule has 0 spiro atoms. The summed E-state index contributed by atoms with van der Waals surface area (Å²) in [5.41, 5.74) is -1.05. The lowest BCUT2D eigenvalue weighted by atomic mass is 9.97. The molecule has 88 valence electrons. The van der Waals surface area contributed by atoms with E-state index in [0.29, 0.717) is 6.42 Å². The molecule has 1 rings (SSSR count). The molecule has 1 aliphatic rings. The smallest absolute Gasteiger partial charge is 0.267 e. The first-order valence-corrected chi connectivity index (χ1v) is 5.40. The number of nitrogens with zero attached hydrogens (tertiary/aromatic N) is 1. The van der Waals surface area contributed by atoms with Crippen LogP contribution in [0.5, 0.6) is 0 Å². The van der Waals surface area contributed by atoms with Gasteiger partial charge in [0.15, 0.2) is 5.79 Å². The van der Waals surface area contributed by atoms with Gasteiger partial charge in [0, 0.05) is 17.8 Å². The van der Waals surface area contributed by atoms with Gasteiger partial charge in [-0.25, -0.2) is 0 Å². The fraction of sp³-hybridized carbons (Fsp3) is 1.00. The van der Waals surface area contributed by atoms with Crippen LogP contribution < -0.4 is 0 Å². The van der Waals surface area contributed by atoms with Crippen LogP contribution in [0.1, 0.15) is 40.0 Å². The number of nitro groups is 1. The third-order valence-corrected chi connectivity index (χ3v) is 3.04. The summed E-state index contributed by atoms with van der Waals surface area (Å²) in [4.78, 5) is 10.6. The van der Waals surface area contributed by atoms with Gasteiger partial charge in [-0.05, 0) is 6.92 Å². The van der Waals surface area contributed by atoms with E-state index in [1.807, 2.05) is 13.8 Å². The highest BCUT2D eigenvalue weighted by molar-refractivity contribution is 4.83. The van der Waals surface area contributed by atoms with E-state index in [0.717, 1.165) is 12.8 Å². The van der Waals surface area contributed by atoms with Crippen molar-refractivity contribution < 1.29 is 14.4 Å². The molecule has 0 aromatic rings. The molecule has 0 saturated carbocycles. The van der Waals surface area contributed by atoms with Crippen LogP contribution in [-0.4, -0.2) is 29.5 Å². The molecule has 5 nitrogen and oxygen atoms in total. The van der Waals surface area contributed by atoms with Gasteiger partial charge >= 0.3 is 0 Å². The Morgan fingerprint density at radius 2 is 1.87 bits per heavy atom. The maximum absolute atomic E-state index is 10.9. The monoisotopic (exact) mass is 217 g/mol. The van der Waals surface area contributed by atoms with Gasteiger partial charge in [0.25, 0.3) is 5.54 Å². The standard InChI is InChI=1S/C10H19NO4/c1-4-6-9(3)14-7-10(5-2,8-15-9)11(12)13/h4-8H2,1-3H3. The molecular formula is C10H19NO4. The van der Waals surface area contributed by atoms with Gasteiger partial charge in [0.05, 0.1) is 0 Å². The highest BCUT2D eigenvalue weighted by Gasteiger charge is 2.49. The first kappa shape index (κ1) is 12.4. The van der Waals surface area contributed by atoms with Crippen LogP contribution >= 0.6 is 0 Å². The lowest BCUT2D eigenvalue weighted by Crippen LogP contribution is -2.56. The summed E-state index contributed by atoms with van der Waals surface area (Å²) in [6.45, 7) is 5.96. The van der Waals surface area contributed by atoms with Gasteiger partial charge in [0.1, 0.15) is 13.2 Å². The third-order valence-electron chi connectivity index (χ3n) is 3.04. The van der Waals surface area contributed by atoms with Crippen molar-refractivity contribution in [3.8, 4) is 0 Å². The van der Waals surface area contributed by atoms with Gasteiger partial charge in [-0.3, -0.25) is 10.1 Å². The van der Waals surface area contributed by atoms with Gasteiger partial charge in [-0.15, -0.1) is 0 Å². The van der Waals surface area contributed by atoms with Crippen molar-refractivity contribution in [2.24, 2.45) is 0 Å². The van der Waals surface area contributed by atoms with E-state index in [-0.39, 0.29) is 18.1 Å². The molecule has 0 bridgehead atoms. The van der Waals surface area contributed by atoms with E-state index in [9.17, 15) is 10.1 Å². The van der Waals surface area contributed by atoms with Gasteiger partial charge < -0.3 is 9.47 Å². The Hall–Kier alpha value is -0.680. The number of ether oxygens (including phenoxy) is 2. The van der Waals surface area contributed by atoms with Crippen molar-refractivity contribution in [2.45, 2.75) is 51.4 Å². The molecule has 0 radical (unpaired) electrons.